The number of ether oxygens (including phenoxy) is 2. The van der Waals surface area contributed by atoms with Crippen LogP contribution in [0.4, 0.5) is 0 Å². The van der Waals surface area contributed by atoms with Crippen LogP contribution in [0.15, 0.2) is 164 Å². The van der Waals surface area contributed by atoms with Crippen LogP contribution >= 0.6 is 21.4 Å². The number of carbonyl (C=O) groups excluding carboxylic acids is 5. The maximum atomic E-state index is 14.5. The third-order valence-electron chi connectivity index (χ3n) is 16.3. The molecule has 0 bridgehead atoms. The molecule has 0 aliphatic heterocycles. The quantitative estimate of drug-likeness (QED) is 0.0686. The number of aryl methyl sites for hydroxylation is 9. The van der Waals surface area contributed by atoms with Crippen LogP contribution in [0.3, 0.4) is 0 Å². The molecule has 0 saturated carbocycles. The molecule has 0 heterocycles. The van der Waals surface area contributed by atoms with Crippen molar-refractivity contribution in [2.75, 3.05) is 20.4 Å². The molecule has 2 atom stereocenters. The van der Waals surface area contributed by atoms with Gasteiger partial charge in [0.1, 0.15) is 17.1 Å². The Morgan fingerprint density at radius 1 is 0.416 bits per heavy atom. The maximum absolute atomic E-state index is 14.5. The first-order valence-electron chi connectivity index (χ1n) is 29.4. The second-order valence-corrected chi connectivity index (χ2v) is 31.8. The number of hydrogen-bond donors (Lipinski definition) is 2. The van der Waals surface area contributed by atoms with Crippen LogP contribution in [0.5, 0.6) is 11.5 Å². The lowest BCUT2D eigenvalue weighted by molar-refractivity contribution is 0.102. The molecule has 0 aliphatic rings. The van der Waals surface area contributed by atoms with E-state index in [1.807, 2.05) is 163 Å². The van der Waals surface area contributed by atoms with Crippen LogP contribution in [0.2, 0.25) is 0 Å². The molecule has 12 nitrogen and oxygen atoms in total. The summed E-state index contributed by atoms with van der Waals surface area (Å²) in [5, 5.41) is 21.1. The summed E-state index contributed by atoms with van der Waals surface area (Å²) in [4.78, 5) is 69.1. The Balaban J connectivity index is 0.000000215. The Morgan fingerprint density at radius 3 is 1.06 bits per heavy atom. The highest BCUT2D eigenvalue weighted by Crippen LogP contribution is 2.57. The molecular formula is C74H83O12P3. The second kappa shape index (κ2) is 29.8. The lowest BCUT2D eigenvalue weighted by atomic mass is 9.81. The number of aliphatic hydroxyl groups is 2. The first-order chi connectivity index (χ1) is 42.0. The first-order valence-corrected chi connectivity index (χ1v) is 34.8. The Bertz CT molecular complexity index is 3790. The van der Waals surface area contributed by atoms with Crippen molar-refractivity contribution in [3.8, 4) is 11.5 Å². The summed E-state index contributed by atoms with van der Waals surface area (Å²) >= 11 is 0. The molecule has 0 fully saturated rings. The summed E-state index contributed by atoms with van der Waals surface area (Å²) in [6.07, 6.45) is 0.209. The van der Waals surface area contributed by atoms with Crippen LogP contribution in [0.25, 0.3) is 0 Å². The molecule has 8 rings (SSSR count). The number of methoxy groups -OCH3 is 2. The fourth-order valence-electron chi connectivity index (χ4n) is 11.4. The topological polar surface area (TPSA) is 195 Å². The Labute approximate surface area is 525 Å². The van der Waals surface area contributed by atoms with E-state index >= 15 is 0 Å². The van der Waals surface area contributed by atoms with Crippen LogP contribution in [-0.4, -0.2) is 58.2 Å². The minimum Gasteiger partial charge on any atom is -0.496 e. The molecule has 466 valence electrons. The number of hydrogen-bond acceptors (Lipinski definition) is 12. The SMILES string of the molecule is COc1cccc(OC)c1C(=O)P(=O)(CCC(C)C(C)(C)C)C(=O)c1c(CO)cccc1CO.Cc1cc(C)c(C(=O)P(=O)(C(=O)c2c(C)cc(C)cc2C)c2ccccc2)c(C)c1.Cc1cc(C)c(C(=O)P(=O)(c2ccccc2)c2ccccc2)c(C)c1. The number of rotatable bonds is 20. The van der Waals surface area contributed by atoms with Crippen molar-refractivity contribution in [2.45, 2.75) is 110 Å². The van der Waals surface area contributed by atoms with Crippen LogP contribution < -0.4 is 25.4 Å². The summed E-state index contributed by atoms with van der Waals surface area (Å²) < 4.78 is 53.9. The molecule has 0 spiro atoms. The molecular weight excluding hydrogens is 1170 g/mol. The molecule has 0 aliphatic carbocycles. The van der Waals surface area contributed by atoms with E-state index in [1.165, 1.54) is 26.4 Å². The van der Waals surface area contributed by atoms with E-state index in [-0.39, 0.29) is 62.1 Å². The smallest absolute Gasteiger partial charge is 0.248 e. The zero-order valence-electron chi connectivity index (χ0n) is 53.8. The summed E-state index contributed by atoms with van der Waals surface area (Å²) in [5.74, 6) is 0.365. The zero-order chi connectivity index (χ0) is 65.9. The predicted octanol–water partition coefficient (Wildman–Crippen LogP) is 16.1. The van der Waals surface area contributed by atoms with Gasteiger partial charge in [0.2, 0.25) is 49.0 Å². The highest BCUT2D eigenvalue weighted by Gasteiger charge is 2.47. The third kappa shape index (κ3) is 15.2. The first kappa shape index (κ1) is 70.4. The standard InChI is InChI=1S/C26H35O7P.C26H27O3P.C22H21O2P/c1-17(26(2,3)4)13-14-34(31,24(29)22-18(15-27)9-7-10-19(22)16-28)25(30)23-20(32-5)11-8-12-21(23)33-6;1-16-12-18(3)23(19(4)13-16)25(27)30(29,22-10-8-7-9-11-22)26(28)24-20(5)14-17(2)15-21(24)6;1-16-14-17(2)21(18(3)15-16)22(23)25(24,19-10-6-4-7-11-19)20-12-8-5-9-13-20/h7-12,17,27-28H,13-16H2,1-6H3;7-15H,1-6H3;4-15H,1-3H3. The van der Waals surface area contributed by atoms with Crippen LogP contribution in [0.1, 0.15) is 147 Å². The van der Waals surface area contributed by atoms with Gasteiger partial charge in [-0.15, -0.1) is 0 Å². The summed E-state index contributed by atoms with van der Waals surface area (Å²) in [7, 11) is -9.09. The fourth-order valence-corrected chi connectivity index (χ4v) is 19.1. The second-order valence-electron chi connectivity index (χ2n) is 23.9. The Morgan fingerprint density at radius 2 is 0.730 bits per heavy atom. The molecule has 0 radical (unpaired) electrons. The van der Waals surface area contributed by atoms with Gasteiger partial charge in [-0.05, 0) is 137 Å². The molecule has 0 aromatic heterocycles. The van der Waals surface area contributed by atoms with Gasteiger partial charge >= 0.3 is 0 Å². The van der Waals surface area contributed by atoms with Gasteiger partial charge < -0.3 is 33.4 Å². The lowest BCUT2D eigenvalue weighted by Gasteiger charge is -2.29. The summed E-state index contributed by atoms with van der Waals surface area (Å²) in [6, 6.07) is 47.5. The van der Waals surface area contributed by atoms with Crippen molar-refractivity contribution in [1.29, 1.82) is 0 Å². The number of carbonyl (C=O) groups is 5. The van der Waals surface area contributed by atoms with Gasteiger partial charge in [0.25, 0.3) is 0 Å². The predicted molar refractivity (Wildman–Crippen MR) is 361 cm³/mol. The third-order valence-corrected chi connectivity index (χ3v) is 24.4. The van der Waals surface area contributed by atoms with E-state index in [1.54, 1.807) is 78.9 Å². The Kier molecular flexibility index (Phi) is 23.5. The van der Waals surface area contributed by atoms with Crippen molar-refractivity contribution >= 4 is 65.0 Å². The van der Waals surface area contributed by atoms with E-state index < -0.39 is 56.7 Å². The average Bonchev–Trinajstić information content (AvgIpc) is 1.21. The molecule has 15 heteroatoms. The average molecular weight is 1260 g/mol. The van der Waals surface area contributed by atoms with E-state index in [9.17, 15) is 47.9 Å². The highest BCUT2D eigenvalue weighted by molar-refractivity contribution is 8.01. The van der Waals surface area contributed by atoms with Gasteiger partial charge in [-0.1, -0.05) is 196 Å². The molecule has 0 amide bonds. The molecule has 0 saturated heterocycles. The van der Waals surface area contributed by atoms with Gasteiger partial charge in [-0.25, -0.2) is 0 Å². The summed E-state index contributed by atoms with van der Waals surface area (Å²) in [6.45, 7) is 24.2. The molecule has 2 unspecified atom stereocenters. The van der Waals surface area contributed by atoms with Crippen molar-refractivity contribution in [2.24, 2.45) is 11.3 Å². The Hall–Kier alpha value is -7.68. The van der Waals surface area contributed by atoms with Gasteiger partial charge in [-0.3, -0.25) is 24.0 Å². The maximum Gasteiger partial charge on any atom is 0.248 e. The van der Waals surface area contributed by atoms with Crippen molar-refractivity contribution < 1.29 is 57.4 Å². The van der Waals surface area contributed by atoms with Crippen molar-refractivity contribution in [3.05, 3.63) is 253 Å². The molecule has 8 aromatic carbocycles. The van der Waals surface area contributed by atoms with Gasteiger partial charge in [0.15, 0.2) is 0 Å². The largest absolute Gasteiger partial charge is 0.496 e. The monoisotopic (exact) mass is 1260 g/mol. The van der Waals surface area contributed by atoms with E-state index in [0.717, 1.165) is 50.1 Å². The number of aliphatic hydroxyl groups excluding tert-OH is 2. The van der Waals surface area contributed by atoms with Crippen molar-refractivity contribution in [3.63, 3.8) is 0 Å². The fraction of sp³-hybridized carbons (Fsp3) is 0.284. The molecule has 2 N–H and O–H groups in total. The van der Waals surface area contributed by atoms with E-state index in [2.05, 4.69) is 0 Å². The van der Waals surface area contributed by atoms with Crippen LogP contribution in [-0.2, 0) is 26.9 Å². The normalized spacial score (nSPS) is 12.5. The highest BCUT2D eigenvalue weighted by atomic mass is 31.2. The van der Waals surface area contributed by atoms with Gasteiger partial charge in [0, 0.05) is 44.3 Å². The lowest BCUT2D eigenvalue weighted by Crippen LogP contribution is -2.23. The van der Waals surface area contributed by atoms with Crippen LogP contribution in [0, 0.1) is 73.6 Å². The molecule has 89 heavy (non-hydrogen) atoms. The van der Waals surface area contributed by atoms with Gasteiger partial charge in [0.05, 0.1) is 27.4 Å². The summed E-state index contributed by atoms with van der Waals surface area (Å²) in [5.41, 5.74) is 6.11. The zero-order valence-corrected chi connectivity index (χ0v) is 56.5. The van der Waals surface area contributed by atoms with Crippen molar-refractivity contribution in [1.82, 2.24) is 0 Å². The van der Waals surface area contributed by atoms with E-state index in [0.29, 0.717) is 33.7 Å². The minimum atomic E-state index is -4.29. The number of benzene rings is 8. The molecule has 8 aromatic rings. The van der Waals surface area contributed by atoms with Gasteiger partial charge in [-0.2, -0.15) is 0 Å². The van der Waals surface area contributed by atoms with E-state index in [4.69, 9.17) is 9.47 Å². The minimum absolute atomic E-state index is 0.0559.